The van der Waals surface area contributed by atoms with Gasteiger partial charge in [-0.15, -0.1) is 0 Å². The standard InChI is InChI=1S/C25H24N4O3S/c1-3-33(31,32)27-22-13-18(21-16-28(2)24-19(21)9-11-26-25(24)30)14-23-20(22)10-12-29(23)15-17-7-5-4-6-8-17/h4-14,16,27H,3,15H2,1-2H3,(H,26,30). The molecule has 0 aliphatic carbocycles. The molecule has 0 fully saturated rings. The largest absolute Gasteiger partial charge is 0.492 e. The first kappa shape index (κ1) is 21.1. The van der Waals surface area contributed by atoms with Crippen LogP contribution < -0.4 is 4.72 Å². The van der Waals surface area contributed by atoms with Gasteiger partial charge in [0.15, 0.2) is 0 Å². The number of sulfonamides is 1. The number of pyridine rings is 1. The summed E-state index contributed by atoms with van der Waals surface area (Å²) in [5.74, 6) is -0.0567. The number of aromatic nitrogens is 3. The first-order valence-corrected chi connectivity index (χ1v) is 12.3. The van der Waals surface area contributed by atoms with Crippen LogP contribution in [0, 0.1) is 0 Å². The SMILES string of the molecule is CCS(=O)(=O)Nc1cc(-c2cn(C)c3c(O)nccc23)cc2c1ccn2Cc1ccccc1. The molecule has 5 rings (SSSR count). The van der Waals surface area contributed by atoms with E-state index in [1.165, 1.54) is 0 Å². The minimum Gasteiger partial charge on any atom is -0.492 e. The molecule has 2 N–H and O–H groups in total. The highest BCUT2D eigenvalue weighted by molar-refractivity contribution is 7.92. The van der Waals surface area contributed by atoms with Crippen molar-refractivity contribution in [1.29, 1.82) is 0 Å². The average Bonchev–Trinajstić information content (AvgIpc) is 3.36. The summed E-state index contributed by atoms with van der Waals surface area (Å²) in [6.07, 6.45) is 5.47. The normalized spacial score (nSPS) is 11.9. The molecule has 0 radical (unpaired) electrons. The average molecular weight is 461 g/mol. The van der Waals surface area contributed by atoms with E-state index in [0.29, 0.717) is 17.7 Å². The van der Waals surface area contributed by atoms with Crippen LogP contribution >= 0.6 is 0 Å². The molecule has 0 atom stereocenters. The number of aryl methyl sites for hydroxylation is 1. The van der Waals surface area contributed by atoms with Crippen molar-refractivity contribution in [3.8, 4) is 17.0 Å². The number of rotatable bonds is 6. The molecule has 3 heterocycles. The highest BCUT2D eigenvalue weighted by atomic mass is 32.2. The number of aromatic hydroxyl groups is 1. The van der Waals surface area contributed by atoms with E-state index in [2.05, 4.69) is 32.5 Å². The van der Waals surface area contributed by atoms with Crippen molar-refractivity contribution in [3.63, 3.8) is 0 Å². The summed E-state index contributed by atoms with van der Waals surface area (Å²) in [4.78, 5) is 3.99. The lowest BCUT2D eigenvalue weighted by molar-refractivity contribution is 0.457. The molecule has 5 aromatic rings. The molecule has 8 heteroatoms. The molecule has 0 spiro atoms. The Balaban J connectivity index is 1.74. The molecule has 7 nitrogen and oxygen atoms in total. The Bertz CT molecular complexity index is 1580. The van der Waals surface area contributed by atoms with Crippen molar-refractivity contribution in [2.75, 3.05) is 10.5 Å². The summed E-state index contributed by atoms with van der Waals surface area (Å²) in [6, 6.07) is 17.8. The van der Waals surface area contributed by atoms with Crippen LogP contribution in [0.2, 0.25) is 0 Å². The molecule has 0 saturated heterocycles. The van der Waals surface area contributed by atoms with Crippen molar-refractivity contribution < 1.29 is 13.5 Å². The molecule has 0 amide bonds. The quantitative estimate of drug-likeness (QED) is 0.384. The molecule has 3 aromatic heterocycles. The topological polar surface area (TPSA) is 89.2 Å². The smallest absolute Gasteiger partial charge is 0.236 e. The van der Waals surface area contributed by atoms with Crippen LogP contribution in [0.25, 0.3) is 32.9 Å². The Hall–Kier alpha value is -3.78. The third-order valence-corrected chi connectivity index (χ3v) is 7.20. The Morgan fingerprint density at radius 1 is 1.06 bits per heavy atom. The lowest BCUT2D eigenvalue weighted by Gasteiger charge is -2.12. The molecule has 0 bridgehead atoms. The lowest BCUT2D eigenvalue weighted by Crippen LogP contribution is -2.14. The third kappa shape index (κ3) is 3.82. The summed E-state index contributed by atoms with van der Waals surface area (Å²) in [5, 5.41) is 11.9. The Labute approximate surface area is 192 Å². The molecule has 0 unspecified atom stereocenters. The van der Waals surface area contributed by atoms with Gasteiger partial charge in [-0.25, -0.2) is 13.4 Å². The summed E-state index contributed by atoms with van der Waals surface area (Å²) in [5.41, 5.74) is 4.96. The predicted octanol–water partition coefficient (Wildman–Crippen LogP) is 4.71. The van der Waals surface area contributed by atoms with Gasteiger partial charge in [0.1, 0.15) is 5.52 Å². The monoisotopic (exact) mass is 460 g/mol. The first-order chi connectivity index (χ1) is 15.9. The van der Waals surface area contributed by atoms with Crippen LogP contribution in [-0.4, -0.2) is 33.4 Å². The fourth-order valence-electron chi connectivity index (χ4n) is 4.26. The summed E-state index contributed by atoms with van der Waals surface area (Å²) in [7, 11) is -1.62. The molecular formula is C25H24N4O3S. The molecule has 2 aromatic carbocycles. The molecule has 0 aliphatic rings. The summed E-state index contributed by atoms with van der Waals surface area (Å²) < 4.78 is 31.6. The maximum absolute atomic E-state index is 12.5. The van der Waals surface area contributed by atoms with Gasteiger partial charge in [-0.05, 0) is 42.3 Å². The van der Waals surface area contributed by atoms with Gasteiger partial charge in [-0.1, -0.05) is 30.3 Å². The van der Waals surface area contributed by atoms with Crippen LogP contribution in [-0.2, 0) is 23.6 Å². The van der Waals surface area contributed by atoms with Gasteiger partial charge in [0, 0.05) is 48.5 Å². The Kier molecular flexibility index (Phi) is 5.09. The van der Waals surface area contributed by atoms with Crippen LogP contribution in [0.4, 0.5) is 5.69 Å². The van der Waals surface area contributed by atoms with Crippen LogP contribution in [0.3, 0.4) is 0 Å². The Morgan fingerprint density at radius 2 is 1.85 bits per heavy atom. The third-order valence-electron chi connectivity index (χ3n) is 5.91. The van der Waals surface area contributed by atoms with Crippen molar-refractivity contribution in [2.45, 2.75) is 13.5 Å². The lowest BCUT2D eigenvalue weighted by atomic mass is 10.0. The molecular weight excluding hydrogens is 436 g/mol. The minimum absolute atomic E-state index is 0.0166. The number of hydrogen-bond donors (Lipinski definition) is 2. The minimum atomic E-state index is -3.47. The second-order valence-electron chi connectivity index (χ2n) is 8.08. The van der Waals surface area contributed by atoms with Crippen molar-refractivity contribution in [3.05, 3.63) is 78.8 Å². The van der Waals surface area contributed by atoms with E-state index < -0.39 is 10.0 Å². The van der Waals surface area contributed by atoms with Crippen LogP contribution in [0.5, 0.6) is 5.88 Å². The first-order valence-electron chi connectivity index (χ1n) is 10.7. The van der Waals surface area contributed by atoms with E-state index in [-0.39, 0.29) is 11.6 Å². The van der Waals surface area contributed by atoms with Crippen LogP contribution in [0.1, 0.15) is 12.5 Å². The van der Waals surface area contributed by atoms with Gasteiger partial charge < -0.3 is 14.2 Å². The van der Waals surface area contributed by atoms with Gasteiger partial charge in [-0.3, -0.25) is 4.72 Å². The van der Waals surface area contributed by atoms with E-state index in [1.807, 2.05) is 60.4 Å². The van der Waals surface area contributed by atoms with E-state index in [9.17, 15) is 13.5 Å². The van der Waals surface area contributed by atoms with Gasteiger partial charge in [0.25, 0.3) is 0 Å². The van der Waals surface area contributed by atoms with Gasteiger partial charge >= 0.3 is 0 Å². The second-order valence-corrected chi connectivity index (χ2v) is 10.1. The zero-order valence-corrected chi connectivity index (χ0v) is 19.2. The van der Waals surface area contributed by atoms with E-state index in [4.69, 9.17) is 0 Å². The maximum Gasteiger partial charge on any atom is 0.236 e. The number of anilines is 1. The highest BCUT2D eigenvalue weighted by Crippen LogP contribution is 2.38. The van der Waals surface area contributed by atoms with E-state index >= 15 is 0 Å². The van der Waals surface area contributed by atoms with Crippen molar-refractivity contribution in [2.24, 2.45) is 7.05 Å². The fraction of sp³-hybridized carbons (Fsp3) is 0.160. The summed E-state index contributed by atoms with van der Waals surface area (Å²) in [6.45, 7) is 2.28. The fourth-order valence-corrected chi connectivity index (χ4v) is 4.91. The zero-order chi connectivity index (χ0) is 23.2. The van der Waals surface area contributed by atoms with E-state index in [1.54, 1.807) is 13.1 Å². The van der Waals surface area contributed by atoms with Crippen molar-refractivity contribution in [1.82, 2.24) is 14.1 Å². The maximum atomic E-state index is 12.5. The predicted molar refractivity (Wildman–Crippen MR) is 132 cm³/mol. The number of nitrogens with zero attached hydrogens (tertiary/aromatic N) is 3. The van der Waals surface area contributed by atoms with Gasteiger partial charge in [0.2, 0.25) is 15.9 Å². The Morgan fingerprint density at radius 3 is 2.61 bits per heavy atom. The molecule has 0 saturated carbocycles. The molecule has 0 aliphatic heterocycles. The van der Waals surface area contributed by atoms with Crippen LogP contribution in [0.15, 0.2) is 73.2 Å². The van der Waals surface area contributed by atoms with Crippen molar-refractivity contribution >= 4 is 37.5 Å². The molecule has 33 heavy (non-hydrogen) atoms. The number of nitrogens with one attached hydrogen (secondary N) is 1. The van der Waals surface area contributed by atoms with E-state index in [0.717, 1.165) is 33.0 Å². The number of benzene rings is 2. The zero-order valence-electron chi connectivity index (χ0n) is 18.4. The number of fused-ring (bicyclic) bond motifs is 2. The van der Waals surface area contributed by atoms with Gasteiger partial charge in [-0.2, -0.15) is 0 Å². The highest BCUT2D eigenvalue weighted by Gasteiger charge is 2.18. The summed E-state index contributed by atoms with van der Waals surface area (Å²) >= 11 is 0. The van der Waals surface area contributed by atoms with Gasteiger partial charge in [0.05, 0.1) is 17.0 Å². The second kappa shape index (κ2) is 7.97. The molecule has 168 valence electrons. The number of hydrogen-bond acceptors (Lipinski definition) is 4.